The van der Waals surface area contributed by atoms with Gasteiger partial charge < -0.3 is 10.5 Å². The third-order valence-corrected chi connectivity index (χ3v) is 4.66. The minimum absolute atomic E-state index is 0.160. The SMILES string of the molecule is Cc1cc(NCC(F)(F)c2cccc[n+]2[O-])n2nc(Cc3cccc(Cl)c3)nc2n1. The molecule has 3 aromatic heterocycles. The molecule has 0 amide bonds. The Morgan fingerprint density at radius 1 is 1.17 bits per heavy atom. The monoisotopic (exact) mass is 430 g/mol. The highest BCUT2D eigenvalue weighted by Crippen LogP contribution is 2.26. The Bertz CT molecular complexity index is 1210. The molecule has 154 valence electrons. The van der Waals surface area contributed by atoms with E-state index in [1.807, 2.05) is 18.2 Å². The normalized spacial score (nSPS) is 11.7. The standard InChI is InChI=1S/C20H17ClF2N6O/c1-13-9-18(24-12-20(22,23)16-7-2-3-8-28(16)30)29-19(25-13)26-17(27-29)11-14-5-4-6-15(21)10-14/h2-10,24H,11-12H2,1H3. The second kappa shape index (κ2) is 7.83. The highest BCUT2D eigenvalue weighted by Gasteiger charge is 2.39. The number of benzene rings is 1. The molecule has 0 saturated carbocycles. The molecule has 0 fully saturated rings. The molecule has 4 rings (SSSR count). The van der Waals surface area contributed by atoms with E-state index in [-0.39, 0.29) is 10.5 Å². The van der Waals surface area contributed by atoms with Gasteiger partial charge >= 0.3 is 5.92 Å². The van der Waals surface area contributed by atoms with Crippen molar-refractivity contribution in [3.8, 4) is 0 Å². The van der Waals surface area contributed by atoms with Gasteiger partial charge in [-0.25, -0.2) is 4.98 Å². The Balaban J connectivity index is 1.61. The first-order valence-corrected chi connectivity index (χ1v) is 9.48. The van der Waals surface area contributed by atoms with Gasteiger partial charge in [-0.05, 0) is 30.7 Å². The molecule has 0 unspecified atom stereocenters. The first-order valence-electron chi connectivity index (χ1n) is 9.10. The van der Waals surface area contributed by atoms with Gasteiger partial charge in [-0.15, -0.1) is 5.10 Å². The molecule has 0 aliphatic rings. The van der Waals surface area contributed by atoms with Crippen molar-refractivity contribution in [1.29, 1.82) is 0 Å². The number of anilines is 1. The summed E-state index contributed by atoms with van der Waals surface area (Å²) in [6.45, 7) is 0.943. The lowest BCUT2D eigenvalue weighted by Crippen LogP contribution is -2.41. The van der Waals surface area contributed by atoms with E-state index in [2.05, 4.69) is 20.4 Å². The number of rotatable bonds is 6. The van der Waals surface area contributed by atoms with Crippen LogP contribution in [0.25, 0.3) is 5.78 Å². The number of fused-ring (bicyclic) bond motifs is 1. The molecule has 0 aliphatic carbocycles. The van der Waals surface area contributed by atoms with Crippen LogP contribution in [-0.4, -0.2) is 26.1 Å². The molecule has 0 atom stereocenters. The minimum Gasteiger partial charge on any atom is -0.618 e. The Hall–Kier alpha value is -3.33. The summed E-state index contributed by atoms with van der Waals surface area (Å²) < 4.78 is 30.7. The molecule has 10 heteroatoms. The molecule has 3 heterocycles. The summed E-state index contributed by atoms with van der Waals surface area (Å²) in [6, 6.07) is 12.8. The van der Waals surface area contributed by atoms with Crippen molar-refractivity contribution in [2.24, 2.45) is 0 Å². The topological polar surface area (TPSA) is 82.0 Å². The average molecular weight is 431 g/mol. The van der Waals surface area contributed by atoms with Crippen molar-refractivity contribution in [3.05, 3.63) is 87.7 Å². The van der Waals surface area contributed by atoms with E-state index in [1.54, 1.807) is 19.1 Å². The summed E-state index contributed by atoms with van der Waals surface area (Å²) >= 11 is 6.02. The summed E-state index contributed by atoms with van der Waals surface area (Å²) in [5.41, 5.74) is 0.869. The number of pyridine rings is 1. The fourth-order valence-corrected chi connectivity index (χ4v) is 3.28. The van der Waals surface area contributed by atoms with E-state index in [4.69, 9.17) is 11.6 Å². The molecule has 4 aromatic rings. The molecular weight excluding hydrogens is 414 g/mol. The summed E-state index contributed by atoms with van der Waals surface area (Å²) in [6.07, 6.45) is 1.45. The lowest BCUT2D eigenvalue weighted by atomic mass is 10.1. The van der Waals surface area contributed by atoms with Gasteiger partial charge in [0.05, 0.1) is 6.54 Å². The quantitative estimate of drug-likeness (QED) is 0.374. The number of hydrogen-bond donors (Lipinski definition) is 1. The van der Waals surface area contributed by atoms with E-state index in [9.17, 15) is 14.0 Å². The van der Waals surface area contributed by atoms with Gasteiger partial charge in [0, 0.05) is 35.3 Å². The van der Waals surface area contributed by atoms with Crippen molar-refractivity contribution < 1.29 is 13.5 Å². The first-order chi connectivity index (χ1) is 14.3. The predicted octanol–water partition coefficient (Wildman–Crippen LogP) is 3.51. The predicted molar refractivity (Wildman–Crippen MR) is 108 cm³/mol. The van der Waals surface area contributed by atoms with E-state index in [0.29, 0.717) is 28.8 Å². The zero-order chi connectivity index (χ0) is 21.3. The fraction of sp³-hybridized carbons (Fsp3) is 0.200. The number of hydrogen-bond acceptors (Lipinski definition) is 5. The number of aromatic nitrogens is 5. The maximum Gasteiger partial charge on any atom is 0.347 e. The summed E-state index contributed by atoms with van der Waals surface area (Å²) in [5.74, 6) is -2.33. The zero-order valence-electron chi connectivity index (χ0n) is 15.9. The minimum atomic E-state index is -3.39. The van der Waals surface area contributed by atoms with Crippen molar-refractivity contribution in [1.82, 2.24) is 19.6 Å². The van der Waals surface area contributed by atoms with Crippen molar-refractivity contribution in [2.45, 2.75) is 19.3 Å². The highest BCUT2D eigenvalue weighted by molar-refractivity contribution is 6.30. The van der Waals surface area contributed by atoms with Crippen LogP contribution < -0.4 is 10.0 Å². The zero-order valence-corrected chi connectivity index (χ0v) is 16.6. The number of nitrogens with one attached hydrogen (secondary N) is 1. The van der Waals surface area contributed by atoms with E-state index in [1.165, 1.54) is 16.6 Å². The van der Waals surface area contributed by atoms with Crippen LogP contribution in [0.1, 0.15) is 22.8 Å². The number of alkyl halides is 2. The maximum absolute atomic E-state index is 14.6. The molecule has 7 nitrogen and oxygen atoms in total. The van der Waals surface area contributed by atoms with E-state index in [0.717, 1.165) is 17.8 Å². The average Bonchev–Trinajstić information content (AvgIpc) is 3.08. The Morgan fingerprint density at radius 2 is 2.00 bits per heavy atom. The molecule has 30 heavy (non-hydrogen) atoms. The van der Waals surface area contributed by atoms with E-state index < -0.39 is 18.2 Å². The van der Waals surface area contributed by atoms with Crippen LogP contribution in [0, 0.1) is 12.1 Å². The molecule has 0 spiro atoms. The molecule has 1 N–H and O–H groups in total. The molecular formula is C20H17ClF2N6O. The largest absolute Gasteiger partial charge is 0.618 e. The van der Waals surface area contributed by atoms with Crippen LogP contribution in [0.5, 0.6) is 0 Å². The Kier molecular flexibility index (Phi) is 5.21. The summed E-state index contributed by atoms with van der Waals surface area (Å²) in [4.78, 5) is 8.71. The molecule has 0 aliphatic heterocycles. The van der Waals surface area contributed by atoms with Crippen molar-refractivity contribution in [2.75, 3.05) is 11.9 Å². The van der Waals surface area contributed by atoms with Crippen molar-refractivity contribution >= 4 is 23.2 Å². The summed E-state index contributed by atoms with van der Waals surface area (Å²) in [5, 5.41) is 19.4. The Labute approximate surface area is 175 Å². The fourth-order valence-electron chi connectivity index (χ4n) is 3.06. The van der Waals surface area contributed by atoms with Gasteiger partial charge in [0.2, 0.25) is 0 Å². The van der Waals surface area contributed by atoms with Gasteiger partial charge in [-0.2, -0.15) is 23.0 Å². The number of halogens is 3. The maximum atomic E-state index is 14.6. The van der Waals surface area contributed by atoms with Gasteiger partial charge in [0.15, 0.2) is 12.0 Å². The summed E-state index contributed by atoms with van der Waals surface area (Å²) in [7, 11) is 0. The van der Waals surface area contributed by atoms with Gasteiger partial charge in [0.1, 0.15) is 5.82 Å². The lowest BCUT2D eigenvalue weighted by molar-refractivity contribution is -0.624. The third-order valence-electron chi connectivity index (χ3n) is 4.43. The highest BCUT2D eigenvalue weighted by atomic mass is 35.5. The number of aryl methyl sites for hydroxylation is 1. The van der Waals surface area contributed by atoms with Crippen LogP contribution in [-0.2, 0) is 12.3 Å². The molecule has 0 radical (unpaired) electrons. The van der Waals surface area contributed by atoms with Crippen LogP contribution in [0.15, 0.2) is 54.7 Å². The van der Waals surface area contributed by atoms with Gasteiger partial charge in [-0.1, -0.05) is 23.7 Å². The van der Waals surface area contributed by atoms with Crippen LogP contribution in [0.2, 0.25) is 5.02 Å². The second-order valence-corrected chi connectivity index (χ2v) is 7.24. The Morgan fingerprint density at radius 3 is 2.77 bits per heavy atom. The number of nitrogens with zero attached hydrogens (tertiary/aromatic N) is 5. The van der Waals surface area contributed by atoms with Crippen LogP contribution in [0.3, 0.4) is 0 Å². The molecule has 0 bridgehead atoms. The molecule has 1 aromatic carbocycles. The van der Waals surface area contributed by atoms with E-state index >= 15 is 0 Å². The van der Waals surface area contributed by atoms with Crippen LogP contribution >= 0.6 is 11.6 Å². The smallest absolute Gasteiger partial charge is 0.347 e. The van der Waals surface area contributed by atoms with Crippen LogP contribution in [0.4, 0.5) is 14.6 Å². The first kappa shape index (κ1) is 20.0. The molecule has 0 saturated heterocycles. The second-order valence-electron chi connectivity index (χ2n) is 6.80. The van der Waals surface area contributed by atoms with Crippen molar-refractivity contribution in [3.63, 3.8) is 0 Å². The third kappa shape index (κ3) is 4.16. The van der Waals surface area contributed by atoms with Gasteiger partial charge in [-0.3, -0.25) is 0 Å². The lowest BCUT2D eigenvalue weighted by Gasteiger charge is -2.17. The van der Waals surface area contributed by atoms with Gasteiger partial charge in [0.25, 0.3) is 11.5 Å².